The third-order valence-electron chi connectivity index (χ3n) is 7.19. The van der Waals surface area contributed by atoms with Crippen LogP contribution in [0.15, 0.2) is 36.5 Å². The fraction of sp³-hybridized carbons (Fsp3) is 0.385. The van der Waals surface area contributed by atoms with Crippen molar-refractivity contribution >= 4 is 22.6 Å². The van der Waals surface area contributed by atoms with Gasteiger partial charge in [0.2, 0.25) is 0 Å². The lowest BCUT2D eigenvalue weighted by Gasteiger charge is -2.37. The smallest absolute Gasteiger partial charge is 0.306 e. The van der Waals surface area contributed by atoms with Crippen molar-refractivity contribution in [3.05, 3.63) is 53.9 Å². The molecule has 1 fully saturated rings. The Morgan fingerprint density at radius 2 is 2.00 bits per heavy atom. The largest absolute Gasteiger partial charge is 0.496 e. The van der Waals surface area contributed by atoms with E-state index in [0.29, 0.717) is 28.4 Å². The number of carbonyl (C=O) groups is 1. The van der Waals surface area contributed by atoms with Crippen molar-refractivity contribution < 1.29 is 23.4 Å². The molecule has 2 N–H and O–H groups in total. The van der Waals surface area contributed by atoms with Crippen LogP contribution in [-0.2, 0) is 4.79 Å². The second-order valence-corrected chi connectivity index (χ2v) is 9.09. The Kier molecular flexibility index (Phi) is 6.08. The number of H-pyrrole nitrogens is 1. The van der Waals surface area contributed by atoms with Gasteiger partial charge in [-0.1, -0.05) is 6.08 Å². The molecule has 2 aromatic heterocycles. The van der Waals surface area contributed by atoms with Crippen LogP contribution >= 0.6 is 0 Å². The minimum Gasteiger partial charge on any atom is -0.496 e. The Morgan fingerprint density at radius 3 is 2.68 bits per heavy atom. The van der Waals surface area contributed by atoms with Gasteiger partial charge in [-0.25, -0.2) is 13.8 Å². The Hall–Kier alpha value is -3.26. The molecule has 1 aliphatic carbocycles. The molecule has 2 aliphatic rings. The fourth-order valence-corrected chi connectivity index (χ4v) is 5.32. The van der Waals surface area contributed by atoms with Gasteiger partial charge in [0, 0.05) is 41.3 Å². The molecule has 0 atom stereocenters. The van der Waals surface area contributed by atoms with E-state index in [-0.39, 0.29) is 11.5 Å². The van der Waals surface area contributed by atoms with E-state index in [0.717, 1.165) is 62.7 Å². The topological polar surface area (TPSA) is 78.5 Å². The molecule has 0 spiro atoms. The van der Waals surface area contributed by atoms with Gasteiger partial charge in [-0.15, -0.1) is 0 Å². The van der Waals surface area contributed by atoms with Gasteiger partial charge in [-0.3, -0.25) is 9.69 Å². The summed E-state index contributed by atoms with van der Waals surface area (Å²) in [6.07, 6.45) is 7.44. The van der Waals surface area contributed by atoms with Crippen LogP contribution in [0.4, 0.5) is 8.78 Å². The number of nitrogens with one attached hydrogen (secondary N) is 1. The average Bonchev–Trinajstić information content (AvgIpc) is 3.28. The first-order valence-electron chi connectivity index (χ1n) is 11.6. The number of halogens is 2. The lowest BCUT2D eigenvalue weighted by atomic mass is 9.85. The second kappa shape index (κ2) is 9.18. The molecule has 1 saturated carbocycles. The van der Waals surface area contributed by atoms with Crippen LogP contribution in [0.3, 0.4) is 0 Å². The van der Waals surface area contributed by atoms with Crippen molar-refractivity contribution in [1.29, 1.82) is 0 Å². The van der Waals surface area contributed by atoms with Crippen LogP contribution in [0.2, 0.25) is 0 Å². The Labute approximate surface area is 196 Å². The zero-order valence-electron chi connectivity index (χ0n) is 19.0. The highest BCUT2D eigenvalue weighted by atomic mass is 19.1. The van der Waals surface area contributed by atoms with E-state index < -0.39 is 17.6 Å². The maximum Gasteiger partial charge on any atom is 0.306 e. The van der Waals surface area contributed by atoms with Gasteiger partial charge in [0.15, 0.2) is 0 Å². The van der Waals surface area contributed by atoms with E-state index in [4.69, 9.17) is 4.74 Å². The number of carboxylic acid groups (broad SMARTS) is 1. The number of benzene rings is 1. The van der Waals surface area contributed by atoms with Gasteiger partial charge in [0.05, 0.1) is 19.2 Å². The molecule has 0 bridgehead atoms. The Balaban J connectivity index is 1.41. The first-order chi connectivity index (χ1) is 16.4. The van der Waals surface area contributed by atoms with Crippen LogP contribution in [-0.4, -0.2) is 52.2 Å². The minimum absolute atomic E-state index is 0.211. The number of hydrogen-bond donors (Lipinski definition) is 2. The minimum atomic E-state index is -0.682. The standard InChI is InChI=1S/C26H27F2N3O3/c1-34-23-7-4-17(27)12-19(23)24-20-13-22(30-25(20)29-14-21(24)28)15-8-10-31(11-9-15)18-5-2-16(3-6-18)26(32)33/h4,7-8,12-14,16,18H,2-3,5-6,9-11H2,1H3,(H,29,30)(H,32,33). The fourth-order valence-electron chi connectivity index (χ4n) is 5.32. The highest BCUT2D eigenvalue weighted by Crippen LogP contribution is 2.38. The van der Waals surface area contributed by atoms with Gasteiger partial charge in [-0.05, 0) is 61.9 Å². The van der Waals surface area contributed by atoms with Gasteiger partial charge in [0.1, 0.15) is 23.0 Å². The zero-order chi connectivity index (χ0) is 23.8. The number of carboxylic acids is 1. The van der Waals surface area contributed by atoms with E-state index in [2.05, 4.69) is 20.9 Å². The highest BCUT2D eigenvalue weighted by Gasteiger charge is 2.30. The van der Waals surface area contributed by atoms with E-state index in [1.165, 1.54) is 25.3 Å². The maximum atomic E-state index is 14.9. The summed E-state index contributed by atoms with van der Waals surface area (Å²) in [4.78, 5) is 21.2. The summed E-state index contributed by atoms with van der Waals surface area (Å²) < 4.78 is 34.3. The quantitative estimate of drug-likeness (QED) is 0.536. The molecule has 3 heterocycles. The molecule has 8 heteroatoms. The van der Waals surface area contributed by atoms with Crippen LogP contribution in [0.25, 0.3) is 27.7 Å². The van der Waals surface area contributed by atoms with Crippen molar-refractivity contribution in [3.63, 3.8) is 0 Å². The van der Waals surface area contributed by atoms with Crippen molar-refractivity contribution in [2.45, 2.75) is 38.1 Å². The van der Waals surface area contributed by atoms with Crippen molar-refractivity contribution in [2.24, 2.45) is 5.92 Å². The molecule has 6 nitrogen and oxygen atoms in total. The van der Waals surface area contributed by atoms with Crippen LogP contribution in [0.1, 0.15) is 37.8 Å². The predicted molar refractivity (Wildman–Crippen MR) is 126 cm³/mol. The van der Waals surface area contributed by atoms with E-state index >= 15 is 0 Å². The molecule has 0 saturated heterocycles. The molecule has 0 radical (unpaired) electrons. The van der Waals surface area contributed by atoms with Gasteiger partial charge in [-0.2, -0.15) is 0 Å². The molecular formula is C26H27F2N3O3. The van der Waals surface area contributed by atoms with Crippen molar-refractivity contribution in [3.8, 4) is 16.9 Å². The summed E-state index contributed by atoms with van der Waals surface area (Å²) in [7, 11) is 1.47. The summed E-state index contributed by atoms with van der Waals surface area (Å²) in [6, 6.07) is 6.35. The molecule has 0 amide bonds. The number of fused-ring (bicyclic) bond motifs is 1. The summed E-state index contributed by atoms with van der Waals surface area (Å²) in [5.41, 5.74) is 3.15. The zero-order valence-corrected chi connectivity index (χ0v) is 19.0. The van der Waals surface area contributed by atoms with Crippen molar-refractivity contribution in [2.75, 3.05) is 20.2 Å². The number of hydrogen-bond acceptors (Lipinski definition) is 4. The normalized spacial score (nSPS) is 21.4. The first kappa shape index (κ1) is 22.5. The van der Waals surface area contributed by atoms with Gasteiger partial charge in [0.25, 0.3) is 0 Å². The van der Waals surface area contributed by atoms with Crippen LogP contribution in [0.5, 0.6) is 5.75 Å². The van der Waals surface area contributed by atoms with E-state index in [9.17, 15) is 18.7 Å². The number of aliphatic carboxylic acids is 1. The summed E-state index contributed by atoms with van der Waals surface area (Å²) in [6.45, 7) is 1.68. The highest BCUT2D eigenvalue weighted by molar-refractivity contribution is 5.97. The Bertz CT molecular complexity index is 1260. The van der Waals surface area contributed by atoms with Crippen LogP contribution < -0.4 is 4.74 Å². The number of aromatic amines is 1. The molecule has 178 valence electrons. The number of ether oxygens (including phenoxy) is 1. The van der Waals surface area contributed by atoms with E-state index in [1.54, 1.807) is 0 Å². The number of methoxy groups -OCH3 is 1. The number of nitrogens with zero attached hydrogens (tertiary/aromatic N) is 2. The molecular weight excluding hydrogens is 440 g/mol. The lowest BCUT2D eigenvalue weighted by Crippen LogP contribution is -2.41. The molecule has 0 unspecified atom stereocenters. The number of rotatable bonds is 5. The van der Waals surface area contributed by atoms with Crippen LogP contribution in [0, 0.1) is 17.6 Å². The Morgan fingerprint density at radius 1 is 1.21 bits per heavy atom. The third kappa shape index (κ3) is 4.18. The van der Waals surface area contributed by atoms with Crippen molar-refractivity contribution in [1.82, 2.24) is 14.9 Å². The number of pyridine rings is 1. The third-order valence-corrected chi connectivity index (χ3v) is 7.19. The SMILES string of the molecule is COc1ccc(F)cc1-c1c(F)cnc2[nH]c(C3=CCN(C4CCC(C(=O)O)CC4)CC3)cc12. The van der Waals surface area contributed by atoms with E-state index in [1.807, 2.05) is 6.07 Å². The molecule has 5 rings (SSSR count). The predicted octanol–water partition coefficient (Wildman–Crippen LogP) is 5.25. The first-order valence-corrected chi connectivity index (χ1v) is 11.6. The average molecular weight is 468 g/mol. The summed E-state index contributed by atoms with van der Waals surface area (Å²) in [5.74, 6) is -1.51. The molecule has 34 heavy (non-hydrogen) atoms. The monoisotopic (exact) mass is 467 g/mol. The van der Waals surface area contributed by atoms with Gasteiger partial charge < -0.3 is 14.8 Å². The molecule has 1 aromatic carbocycles. The summed E-state index contributed by atoms with van der Waals surface area (Å²) >= 11 is 0. The summed E-state index contributed by atoms with van der Waals surface area (Å²) in [5, 5.41) is 9.81. The maximum absolute atomic E-state index is 14.9. The van der Waals surface area contributed by atoms with Gasteiger partial charge >= 0.3 is 5.97 Å². The molecule has 1 aliphatic heterocycles. The lowest BCUT2D eigenvalue weighted by molar-refractivity contribution is -0.143. The molecule has 3 aromatic rings. The number of aromatic nitrogens is 2. The second-order valence-electron chi connectivity index (χ2n) is 9.09.